The maximum Gasteiger partial charge on any atom is 0.181 e. The highest BCUT2D eigenvalue weighted by Crippen LogP contribution is 2.41. The molecule has 0 N–H and O–H groups in total. The molecule has 6 rings (SSSR count). The predicted molar refractivity (Wildman–Crippen MR) is 172 cm³/mol. The number of hydrogen-bond acceptors (Lipinski definition) is 1. The minimum Gasteiger partial charge on any atom is -0.0848 e. The van der Waals surface area contributed by atoms with Crippen LogP contribution >= 0.6 is 56.9 Å². The van der Waals surface area contributed by atoms with Gasteiger partial charge in [-0.1, -0.05) is 66.4 Å². The Morgan fingerprint density at radius 2 is 1.06 bits per heavy atom. The molecule has 0 radical (unpaired) electrons. The molecule has 0 aliphatic heterocycles. The van der Waals surface area contributed by atoms with E-state index in [2.05, 4.69) is 173 Å². The number of rotatable bonds is 5. The Kier molecular flexibility index (Phi) is 7.29. The van der Waals surface area contributed by atoms with Crippen LogP contribution in [0, 0.1) is 7.14 Å². The van der Waals surface area contributed by atoms with E-state index in [1.54, 1.807) is 0 Å². The summed E-state index contributed by atoms with van der Waals surface area (Å²) in [7, 11) is -0.231. The molecule has 174 valence electrons. The fourth-order valence-corrected chi connectivity index (χ4v) is 8.80. The van der Waals surface area contributed by atoms with E-state index >= 15 is 0 Å². The zero-order valence-electron chi connectivity index (χ0n) is 19.2. The molecule has 0 aromatic heterocycles. The van der Waals surface area contributed by atoms with Gasteiger partial charge in [0, 0.05) is 24.2 Å². The molecule has 36 heavy (non-hydrogen) atoms. The number of hydrogen-bond donors (Lipinski definition) is 0. The van der Waals surface area contributed by atoms with Crippen molar-refractivity contribution in [3.63, 3.8) is 0 Å². The zero-order valence-corrected chi connectivity index (χ0v) is 25.1. The fourth-order valence-electron chi connectivity index (χ4n) is 4.34. The summed E-state index contributed by atoms with van der Waals surface area (Å²) < 4.78 is 2.51. The molecular formula is C32H21I2S2+. The molecule has 0 saturated heterocycles. The van der Waals surface area contributed by atoms with Gasteiger partial charge in [0.2, 0.25) is 0 Å². The molecule has 0 fully saturated rings. The first-order valence-electron chi connectivity index (χ1n) is 11.6. The van der Waals surface area contributed by atoms with Gasteiger partial charge in [0.05, 0.1) is 4.90 Å². The largest absolute Gasteiger partial charge is 0.181 e. The van der Waals surface area contributed by atoms with Gasteiger partial charge in [-0.05, 0) is 127 Å². The summed E-state index contributed by atoms with van der Waals surface area (Å²) in [4.78, 5) is 6.63. The summed E-state index contributed by atoms with van der Waals surface area (Å²) in [5.74, 6) is 0. The van der Waals surface area contributed by atoms with Crippen LogP contribution in [0.4, 0.5) is 0 Å². The fraction of sp³-hybridized carbons (Fsp3) is 0. The second kappa shape index (κ2) is 10.8. The molecule has 0 amide bonds. The standard InChI is InChI=1S/C32H21I2S2/c33-26-11-16-29(17-12-26)36(30-15-10-23-6-2-4-8-25(23)20-30)32-21-27(34)13-18-31(32)35-28-14-9-22-5-1-3-7-24(22)19-28/h1-21H/q+1. The normalized spacial score (nSPS) is 12.2. The van der Waals surface area contributed by atoms with Gasteiger partial charge in [0.1, 0.15) is 10.9 Å². The van der Waals surface area contributed by atoms with Crippen LogP contribution in [0.3, 0.4) is 0 Å². The quantitative estimate of drug-likeness (QED) is 0.126. The van der Waals surface area contributed by atoms with Gasteiger partial charge in [-0.25, -0.2) is 0 Å². The monoisotopic (exact) mass is 723 g/mol. The molecule has 0 heterocycles. The Morgan fingerprint density at radius 3 is 1.78 bits per heavy atom. The number of halogens is 2. The van der Waals surface area contributed by atoms with Gasteiger partial charge in [0.25, 0.3) is 0 Å². The molecule has 6 aromatic rings. The van der Waals surface area contributed by atoms with E-state index in [9.17, 15) is 0 Å². The van der Waals surface area contributed by atoms with Crippen LogP contribution in [-0.4, -0.2) is 0 Å². The first-order valence-corrected chi connectivity index (χ1v) is 15.8. The summed E-state index contributed by atoms with van der Waals surface area (Å²) in [6.45, 7) is 0. The van der Waals surface area contributed by atoms with Crippen molar-refractivity contribution in [3.05, 3.63) is 135 Å². The van der Waals surface area contributed by atoms with Gasteiger partial charge in [-0.3, -0.25) is 0 Å². The third-order valence-electron chi connectivity index (χ3n) is 6.08. The van der Waals surface area contributed by atoms with Crippen molar-refractivity contribution in [3.8, 4) is 0 Å². The van der Waals surface area contributed by atoms with Crippen molar-refractivity contribution < 1.29 is 0 Å². The Balaban J connectivity index is 1.51. The lowest BCUT2D eigenvalue weighted by Gasteiger charge is -2.13. The SMILES string of the molecule is Ic1ccc([S+](c2ccc3ccccc3c2)c2cc(I)ccc2Sc2ccc3ccccc3c2)cc1. The van der Waals surface area contributed by atoms with Crippen molar-refractivity contribution in [1.29, 1.82) is 0 Å². The highest BCUT2D eigenvalue weighted by Gasteiger charge is 2.32. The average molecular weight is 723 g/mol. The molecule has 0 bridgehead atoms. The number of fused-ring (bicyclic) bond motifs is 2. The van der Waals surface area contributed by atoms with Crippen LogP contribution in [0.15, 0.2) is 152 Å². The molecule has 4 heteroatoms. The Bertz CT molecular complexity index is 1690. The second-order valence-electron chi connectivity index (χ2n) is 8.47. The van der Waals surface area contributed by atoms with E-state index in [1.165, 1.54) is 53.2 Å². The predicted octanol–water partition coefficient (Wildman–Crippen LogP) is 10.4. The lowest BCUT2D eigenvalue weighted by atomic mass is 10.1. The van der Waals surface area contributed by atoms with Crippen molar-refractivity contribution in [2.45, 2.75) is 24.5 Å². The van der Waals surface area contributed by atoms with E-state index in [-0.39, 0.29) is 10.9 Å². The van der Waals surface area contributed by atoms with Gasteiger partial charge in [-0.15, -0.1) is 0 Å². The molecule has 0 aliphatic carbocycles. The third-order valence-corrected chi connectivity index (χ3v) is 10.9. The highest BCUT2D eigenvalue weighted by atomic mass is 127. The van der Waals surface area contributed by atoms with Crippen molar-refractivity contribution in [2.24, 2.45) is 0 Å². The van der Waals surface area contributed by atoms with E-state index in [4.69, 9.17) is 0 Å². The minimum absolute atomic E-state index is 0.231. The smallest absolute Gasteiger partial charge is 0.0848 e. The zero-order chi connectivity index (χ0) is 24.5. The molecule has 0 spiro atoms. The molecule has 0 aliphatic rings. The molecule has 0 nitrogen and oxygen atoms in total. The minimum atomic E-state index is -0.231. The van der Waals surface area contributed by atoms with Crippen molar-refractivity contribution >= 4 is 89.4 Å². The average Bonchev–Trinajstić information content (AvgIpc) is 2.91. The molecular weight excluding hydrogens is 702 g/mol. The first kappa shape index (κ1) is 24.3. The van der Waals surface area contributed by atoms with E-state index in [1.807, 2.05) is 11.8 Å². The third kappa shape index (κ3) is 5.19. The Hall–Kier alpha value is -2.00. The second-order valence-corrected chi connectivity index (χ2v) is 14.1. The van der Waals surface area contributed by atoms with E-state index < -0.39 is 0 Å². The van der Waals surface area contributed by atoms with Gasteiger partial charge in [-0.2, -0.15) is 0 Å². The van der Waals surface area contributed by atoms with Crippen LogP contribution in [0.2, 0.25) is 0 Å². The lowest BCUT2D eigenvalue weighted by molar-refractivity contribution is 1.19. The van der Waals surface area contributed by atoms with Crippen LogP contribution < -0.4 is 0 Å². The first-order chi connectivity index (χ1) is 17.6. The number of benzene rings is 6. The van der Waals surface area contributed by atoms with E-state index in [0.29, 0.717) is 0 Å². The van der Waals surface area contributed by atoms with E-state index in [0.717, 1.165) is 0 Å². The van der Waals surface area contributed by atoms with Gasteiger partial charge in [0.15, 0.2) is 14.7 Å². The summed E-state index contributed by atoms with van der Waals surface area (Å²) in [6, 6.07) is 46.9. The van der Waals surface area contributed by atoms with Crippen LogP contribution in [-0.2, 0) is 10.9 Å². The lowest BCUT2D eigenvalue weighted by Crippen LogP contribution is -2.07. The summed E-state index contributed by atoms with van der Waals surface area (Å²) in [5, 5.41) is 5.12. The van der Waals surface area contributed by atoms with Gasteiger partial charge >= 0.3 is 0 Å². The topological polar surface area (TPSA) is 0 Å². The summed E-state index contributed by atoms with van der Waals surface area (Å²) in [6.07, 6.45) is 0. The van der Waals surface area contributed by atoms with Crippen LogP contribution in [0.25, 0.3) is 21.5 Å². The highest BCUT2D eigenvalue weighted by molar-refractivity contribution is 14.1. The van der Waals surface area contributed by atoms with Crippen molar-refractivity contribution in [1.82, 2.24) is 0 Å². The molecule has 0 saturated carbocycles. The Morgan fingerprint density at radius 1 is 0.472 bits per heavy atom. The Labute approximate surface area is 246 Å². The summed E-state index contributed by atoms with van der Waals surface area (Å²) in [5.41, 5.74) is 0. The van der Waals surface area contributed by atoms with Gasteiger partial charge < -0.3 is 0 Å². The van der Waals surface area contributed by atoms with Crippen LogP contribution in [0.1, 0.15) is 0 Å². The molecule has 1 unspecified atom stereocenters. The van der Waals surface area contributed by atoms with Crippen LogP contribution in [0.5, 0.6) is 0 Å². The van der Waals surface area contributed by atoms with Crippen molar-refractivity contribution in [2.75, 3.05) is 0 Å². The summed E-state index contributed by atoms with van der Waals surface area (Å²) >= 11 is 6.71. The molecule has 6 aromatic carbocycles. The molecule has 1 atom stereocenters. The maximum absolute atomic E-state index is 2.45. The maximum atomic E-state index is 2.45.